The molecule has 2 aliphatic rings. The van der Waals surface area contributed by atoms with Gasteiger partial charge in [-0.05, 0) is 25.8 Å². The van der Waals surface area contributed by atoms with E-state index in [-0.39, 0.29) is 0 Å². The van der Waals surface area contributed by atoms with Gasteiger partial charge in [0.2, 0.25) is 6.43 Å². The van der Waals surface area contributed by atoms with E-state index in [0.29, 0.717) is 18.9 Å². The fourth-order valence-corrected chi connectivity index (χ4v) is 3.34. The van der Waals surface area contributed by atoms with Crippen LogP contribution in [0.2, 0.25) is 0 Å². The Balaban J connectivity index is 1.56. The van der Waals surface area contributed by atoms with Crippen molar-refractivity contribution in [1.82, 2.24) is 9.88 Å². The molecule has 17 heavy (non-hydrogen) atoms. The van der Waals surface area contributed by atoms with E-state index in [1.165, 1.54) is 17.8 Å². The maximum atomic E-state index is 12.5. The minimum absolute atomic E-state index is 0.434. The lowest BCUT2D eigenvalue weighted by Gasteiger charge is -2.13. The first-order chi connectivity index (χ1) is 8.22. The molecule has 0 spiro atoms. The zero-order valence-electron chi connectivity index (χ0n) is 9.61. The molecule has 1 saturated carbocycles. The number of nitrogens with zero attached hydrogens (tertiary/aromatic N) is 2. The number of rotatable bonds is 4. The summed E-state index contributed by atoms with van der Waals surface area (Å²) in [4.78, 5) is 6.69. The van der Waals surface area contributed by atoms with Crippen molar-refractivity contribution in [2.24, 2.45) is 5.92 Å². The van der Waals surface area contributed by atoms with E-state index in [0.717, 1.165) is 18.8 Å². The molecule has 2 heterocycles. The Labute approximate surface area is 104 Å². The van der Waals surface area contributed by atoms with Crippen LogP contribution in [0.4, 0.5) is 8.78 Å². The molecule has 2 nitrogen and oxygen atoms in total. The first-order valence-corrected chi connectivity index (χ1v) is 7.05. The highest BCUT2D eigenvalue weighted by Gasteiger charge is 2.30. The van der Waals surface area contributed by atoms with Crippen LogP contribution in [-0.4, -0.2) is 29.4 Å². The average Bonchev–Trinajstić information content (AvgIpc) is 2.87. The van der Waals surface area contributed by atoms with Gasteiger partial charge in [-0.15, -0.1) is 11.3 Å². The van der Waals surface area contributed by atoms with Crippen LogP contribution < -0.4 is 0 Å². The van der Waals surface area contributed by atoms with Gasteiger partial charge in [0, 0.05) is 30.3 Å². The summed E-state index contributed by atoms with van der Waals surface area (Å²) >= 11 is 1.72. The number of likely N-dealkylation sites (tertiary alicyclic amines) is 1. The molecule has 1 aliphatic heterocycles. The summed E-state index contributed by atoms with van der Waals surface area (Å²) in [6.07, 6.45) is 0.989. The molecule has 5 heteroatoms. The van der Waals surface area contributed by atoms with Gasteiger partial charge in [-0.1, -0.05) is 0 Å². The van der Waals surface area contributed by atoms with E-state index in [1.807, 2.05) is 0 Å². The van der Waals surface area contributed by atoms with Crippen molar-refractivity contribution in [1.29, 1.82) is 0 Å². The van der Waals surface area contributed by atoms with Crippen molar-refractivity contribution in [3.8, 4) is 0 Å². The third-order valence-electron chi connectivity index (χ3n) is 3.55. The molecule has 0 aromatic carbocycles. The largest absolute Gasteiger partial charge is 0.297 e. The minimum atomic E-state index is -2.17. The molecule has 1 atom stereocenters. The highest BCUT2D eigenvalue weighted by atomic mass is 32.1. The quantitative estimate of drug-likeness (QED) is 0.825. The van der Waals surface area contributed by atoms with E-state index in [4.69, 9.17) is 0 Å². The molecule has 0 radical (unpaired) electrons. The van der Waals surface area contributed by atoms with Crippen LogP contribution in [-0.2, 0) is 6.54 Å². The molecular weight excluding hydrogens is 242 g/mol. The lowest BCUT2D eigenvalue weighted by molar-refractivity contribution is 0.0802. The van der Waals surface area contributed by atoms with E-state index < -0.39 is 12.3 Å². The van der Waals surface area contributed by atoms with Crippen molar-refractivity contribution < 1.29 is 8.78 Å². The van der Waals surface area contributed by atoms with Crippen LogP contribution in [0, 0.1) is 5.92 Å². The van der Waals surface area contributed by atoms with Gasteiger partial charge in [-0.25, -0.2) is 13.8 Å². The second-order valence-corrected chi connectivity index (χ2v) is 5.96. The normalized spacial score (nSPS) is 25.9. The molecule has 1 aliphatic carbocycles. The molecule has 94 valence electrons. The van der Waals surface area contributed by atoms with Crippen molar-refractivity contribution in [2.45, 2.75) is 38.2 Å². The monoisotopic (exact) mass is 258 g/mol. The van der Waals surface area contributed by atoms with Gasteiger partial charge < -0.3 is 0 Å². The molecule has 0 N–H and O–H groups in total. The van der Waals surface area contributed by atoms with Gasteiger partial charge in [0.15, 0.2) is 0 Å². The average molecular weight is 258 g/mol. The molecular formula is C12H16F2N2S. The van der Waals surface area contributed by atoms with Crippen molar-refractivity contribution in [3.63, 3.8) is 0 Å². The molecule has 1 aromatic heterocycles. The minimum Gasteiger partial charge on any atom is -0.297 e. The van der Waals surface area contributed by atoms with Gasteiger partial charge in [0.1, 0.15) is 0 Å². The molecule has 1 saturated heterocycles. The summed E-state index contributed by atoms with van der Waals surface area (Å²) in [5.74, 6) is 0.262. The van der Waals surface area contributed by atoms with Gasteiger partial charge in [0.05, 0.1) is 10.7 Å². The van der Waals surface area contributed by atoms with Crippen LogP contribution in [0.5, 0.6) is 0 Å². The van der Waals surface area contributed by atoms with Gasteiger partial charge in [-0.3, -0.25) is 4.90 Å². The van der Waals surface area contributed by atoms with E-state index in [1.54, 1.807) is 11.3 Å². The summed E-state index contributed by atoms with van der Waals surface area (Å²) in [5.41, 5.74) is 1.06. The van der Waals surface area contributed by atoms with Crippen LogP contribution >= 0.6 is 11.3 Å². The van der Waals surface area contributed by atoms with Crippen LogP contribution in [0.25, 0.3) is 0 Å². The zero-order valence-corrected chi connectivity index (χ0v) is 10.4. The van der Waals surface area contributed by atoms with Gasteiger partial charge in [0.25, 0.3) is 0 Å². The number of halogens is 2. The third kappa shape index (κ3) is 2.65. The summed E-state index contributed by atoms with van der Waals surface area (Å²) in [5, 5.41) is 3.33. The van der Waals surface area contributed by atoms with Crippen molar-refractivity contribution >= 4 is 11.3 Å². The topological polar surface area (TPSA) is 16.1 Å². The van der Waals surface area contributed by atoms with Crippen LogP contribution in [0.3, 0.4) is 0 Å². The standard InChI is InChI=1S/C12H16F2N2S/c13-11(14)9-3-4-16(5-9)6-10-7-17-12(15-10)8-1-2-8/h7-9,11H,1-6H2. The molecule has 3 rings (SSSR count). The highest BCUT2D eigenvalue weighted by Crippen LogP contribution is 2.41. The smallest absolute Gasteiger partial charge is 0.242 e. The van der Waals surface area contributed by atoms with Crippen molar-refractivity contribution in [2.75, 3.05) is 13.1 Å². The number of hydrogen-bond donors (Lipinski definition) is 0. The second kappa shape index (κ2) is 4.61. The SMILES string of the molecule is FC(F)C1CCN(Cc2csc(C3CC3)n2)C1. The number of thiazole rings is 1. The predicted molar refractivity (Wildman–Crippen MR) is 63.5 cm³/mol. The fourth-order valence-electron chi connectivity index (χ4n) is 2.35. The lowest BCUT2D eigenvalue weighted by atomic mass is 10.1. The Hall–Kier alpha value is -0.550. The Morgan fingerprint density at radius 1 is 1.41 bits per heavy atom. The number of hydrogen-bond acceptors (Lipinski definition) is 3. The number of alkyl halides is 2. The molecule has 0 bridgehead atoms. The zero-order chi connectivity index (χ0) is 11.8. The Kier molecular flexibility index (Phi) is 3.13. The lowest BCUT2D eigenvalue weighted by Crippen LogP contribution is -2.22. The van der Waals surface area contributed by atoms with Gasteiger partial charge >= 0.3 is 0 Å². The van der Waals surface area contributed by atoms with Crippen LogP contribution in [0.15, 0.2) is 5.38 Å². The Morgan fingerprint density at radius 3 is 2.88 bits per heavy atom. The van der Waals surface area contributed by atoms with E-state index in [9.17, 15) is 8.78 Å². The summed E-state index contributed by atoms with van der Waals surface area (Å²) in [7, 11) is 0. The van der Waals surface area contributed by atoms with E-state index in [2.05, 4.69) is 15.3 Å². The number of aromatic nitrogens is 1. The van der Waals surface area contributed by atoms with Crippen molar-refractivity contribution in [3.05, 3.63) is 16.1 Å². The van der Waals surface area contributed by atoms with Gasteiger partial charge in [-0.2, -0.15) is 0 Å². The Morgan fingerprint density at radius 2 is 2.24 bits per heavy atom. The fraction of sp³-hybridized carbons (Fsp3) is 0.750. The molecule has 1 unspecified atom stereocenters. The summed E-state index contributed by atoms with van der Waals surface area (Å²) < 4.78 is 25.1. The third-order valence-corrected chi connectivity index (χ3v) is 4.60. The maximum absolute atomic E-state index is 12.5. The summed E-state index contributed by atoms with van der Waals surface area (Å²) in [6.45, 7) is 2.05. The highest BCUT2D eigenvalue weighted by molar-refractivity contribution is 7.09. The first-order valence-electron chi connectivity index (χ1n) is 6.17. The maximum Gasteiger partial charge on any atom is 0.242 e. The molecule has 1 aromatic rings. The van der Waals surface area contributed by atoms with Crippen LogP contribution in [0.1, 0.15) is 35.9 Å². The molecule has 2 fully saturated rings. The second-order valence-electron chi connectivity index (χ2n) is 5.07. The Bertz CT molecular complexity index is 390. The van der Waals surface area contributed by atoms with E-state index >= 15 is 0 Å². The first kappa shape index (κ1) is 11.5. The molecule has 0 amide bonds. The summed E-state index contributed by atoms with van der Waals surface area (Å²) in [6, 6.07) is 0. The predicted octanol–water partition coefficient (Wildman–Crippen LogP) is 3.11.